The lowest BCUT2D eigenvalue weighted by Gasteiger charge is -2.10. The molecule has 0 saturated carbocycles. The second kappa shape index (κ2) is 8.06. The summed E-state index contributed by atoms with van der Waals surface area (Å²) in [6.45, 7) is 6.55. The van der Waals surface area contributed by atoms with E-state index in [1.54, 1.807) is 13.0 Å². The van der Waals surface area contributed by atoms with Gasteiger partial charge in [0.05, 0.1) is 0 Å². The van der Waals surface area contributed by atoms with Crippen molar-refractivity contribution in [2.75, 3.05) is 11.9 Å². The number of anilines is 2. The quantitative estimate of drug-likeness (QED) is 0.743. The molecule has 1 heterocycles. The Balaban J connectivity index is 2.16. The van der Waals surface area contributed by atoms with Crippen molar-refractivity contribution in [3.05, 3.63) is 45.8 Å². The van der Waals surface area contributed by atoms with E-state index in [1.807, 2.05) is 25.1 Å². The largest absolute Gasteiger partial charge is 0.351 e. The summed E-state index contributed by atoms with van der Waals surface area (Å²) in [5.41, 5.74) is 2.44. The highest BCUT2D eigenvalue weighted by Crippen LogP contribution is 2.23. The predicted octanol–water partition coefficient (Wildman–Crippen LogP) is 4.13. The molecule has 5 nitrogen and oxygen atoms in total. The predicted molar refractivity (Wildman–Crippen MR) is 96.2 cm³/mol. The molecule has 23 heavy (non-hydrogen) atoms. The summed E-state index contributed by atoms with van der Waals surface area (Å²) >= 11 is 3.51. The summed E-state index contributed by atoms with van der Waals surface area (Å²) in [5.74, 6) is 0.993. The molecule has 0 aliphatic rings. The number of carbonyl (C=O) groups excluding carboxylic acids is 1. The van der Waals surface area contributed by atoms with Crippen LogP contribution in [0.15, 0.2) is 28.7 Å². The number of rotatable bonds is 6. The van der Waals surface area contributed by atoms with Gasteiger partial charge in [0.1, 0.15) is 17.3 Å². The number of halogens is 1. The minimum atomic E-state index is -0.169. The number of aryl methyl sites for hydroxylation is 2. The van der Waals surface area contributed by atoms with Crippen molar-refractivity contribution in [3.8, 4) is 0 Å². The summed E-state index contributed by atoms with van der Waals surface area (Å²) in [5, 5.41) is 6.08. The normalized spacial score (nSPS) is 10.4. The smallest absolute Gasteiger partial charge is 0.270 e. The lowest BCUT2D eigenvalue weighted by Crippen LogP contribution is -2.25. The second-order valence-electron chi connectivity index (χ2n) is 5.38. The van der Waals surface area contributed by atoms with Gasteiger partial charge in [-0.1, -0.05) is 35.3 Å². The van der Waals surface area contributed by atoms with Crippen molar-refractivity contribution in [2.24, 2.45) is 0 Å². The first-order valence-electron chi connectivity index (χ1n) is 7.66. The van der Waals surface area contributed by atoms with E-state index in [1.165, 1.54) is 0 Å². The number of hydrogen-bond donors (Lipinski definition) is 2. The van der Waals surface area contributed by atoms with Gasteiger partial charge in [-0.15, -0.1) is 0 Å². The third-order valence-electron chi connectivity index (χ3n) is 3.33. The van der Waals surface area contributed by atoms with Crippen LogP contribution in [-0.4, -0.2) is 22.4 Å². The zero-order valence-corrected chi connectivity index (χ0v) is 15.2. The fourth-order valence-corrected chi connectivity index (χ4v) is 2.41. The number of amides is 1. The maximum Gasteiger partial charge on any atom is 0.270 e. The molecule has 0 radical (unpaired) electrons. The zero-order chi connectivity index (χ0) is 16.8. The molecule has 0 fully saturated rings. The minimum absolute atomic E-state index is 0.169. The Kier molecular flexibility index (Phi) is 6.10. The molecular weight excluding hydrogens is 356 g/mol. The van der Waals surface area contributed by atoms with E-state index in [-0.39, 0.29) is 5.91 Å². The van der Waals surface area contributed by atoms with E-state index in [2.05, 4.69) is 43.5 Å². The Labute approximate surface area is 145 Å². The molecule has 2 rings (SSSR count). The van der Waals surface area contributed by atoms with Crippen LogP contribution in [0.25, 0.3) is 0 Å². The van der Waals surface area contributed by atoms with Crippen LogP contribution in [0.3, 0.4) is 0 Å². The van der Waals surface area contributed by atoms with Gasteiger partial charge in [-0.05, 0) is 38.0 Å². The molecular formula is C17H21BrN4O. The number of nitrogens with one attached hydrogen (secondary N) is 2. The topological polar surface area (TPSA) is 66.9 Å². The lowest BCUT2D eigenvalue weighted by molar-refractivity contribution is 0.0948. The minimum Gasteiger partial charge on any atom is -0.351 e. The van der Waals surface area contributed by atoms with E-state index in [4.69, 9.17) is 0 Å². The molecule has 0 spiro atoms. The third-order valence-corrected chi connectivity index (χ3v) is 4.19. The highest BCUT2D eigenvalue weighted by atomic mass is 79.9. The van der Waals surface area contributed by atoms with E-state index < -0.39 is 0 Å². The van der Waals surface area contributed by atoms with Gasteiger partial charge in [0.2, 0.25) is 0 Å². The van der Waals surface area contributed by atoms with Crippen LogP contribution in [0, 0.1) is 13.8 Å². The monoisotopic (exact) mass is 376 g/mol. The van der Waals surface area contributed by atoms with Crippen LogP contribution in [0.2, 0.25) is 0 Å². The van der Waals surface area contributed by atoms with Crippen LogP contribution < -0.4 is 10.6 Å². The average Bonchev–Trinajstić information content (AvgIpc) is 2.50. The van der Waals surface area contributed by atoms with Crippen molar-refractivity contribution in [2.45, 2.75) is 33.6 Å². The van der Waals surface area contributed by atoms with Crippen molar-refractivity contribution < 1.29 is 4.79 Å². The molecule has 122 valence electrons. The molecule has 1 amide bonds. The third kappa shape index (κ3) is 5.03. The van der Waals surface area contributed by atoms with Gasteiger partial charge in [-0.25, -0.2) is 9.97 Å². The fraction of sp³-hybridized carbons (Fsp3) is 0.353. The molecule has 2 N–H and O–H groups in total. The molecule has 1 aromatic carbocycles. The van der Waals surface area contributed by atoms with E-state index in [9.17, 15) is 4.79 Å². The Morgan fingerprint density at radius 1 is 1.22 bits per heavy atom. The summed E-state index contributed by atoms with van der Waals surface area (Å²) in [7, 11) is 0. The Hall–Kier alpha value is -1.95. The van der Waals surface area contributed by atoms with Gasteiger partial charge in [0.25, 0.3) is 5.91 Å². The molecule has 0 unspecified atom stereocenters. The van der Waals surface area contributed by atoms with E-state index in [0.29, 0.717) is 23.9 Å². The molecule has 6 heteroatoms. The van der Waals surface area contributed by atoms with Crippen molar-refractivity contribution >= 4 is 33.3 Å². The van der Waals surface area contributed by atoms with Crippen LogP contribution in [-0.2, 0) is 0 Å². The number of unbranched alkanes of at least 4 members (excludes halogenated alkanes) is 1. The van der Waals surface area contributed by atoms with Gasteiger partial charge >= 0.3 is 0 Å². The van der Waals surface area contributed by atoms with Crippen molar-refractivity contribution in [1.29, 1.82) is 0 Å². The first kappa shape index (κ1) is 17.4. The first-order valence-corrected chi connectivity index (χ1v) is 8.46. The SMILES string of the molecule is CCCCNC(=O)c1cc(Nc2ccc(C)c(Br)c2)nc(C)n1. The summed E-state index contributed by atoms with van der Waals surface area (Å²) in [6.07, 6.45) is 2.00. The number of benzene rings is 1. The van der Waals surface area contributed by atoms with Crippen molar-refractivity contribution in [3.63, 3.8) is 0 Å². The fourth-order valence-electron chi connectivity index (χ4n) is 2.04. The van der Waals surface area contributed by atoms with Crippen LogP contribution in [0.5, 0.6) is 0 Å². The standard InChI is InChI=1S/C17H21BrN4O/c1-4-5-8-19-17(23)15-10-16(21-12(3)20-15)22-13-7-6-11(2)14(18)9-13/h6-7,9-10H,4-5,8H2,1-3H3,(H,19,23)(H,20,21,22). The van der Waals surface area contributed by atoms with E-state index >= 15 is 0 Å². The van der Waals surface area contributed by atoms with Gasteiger partial charge in [0, 0.05) is 22.8 Å². The molecule has 2 aromatic rings. The van der Waals surface area contributed by atoms with Crippen molar-refractivity contribution in [1.82, 2.24) is 15.3 Å². The Morgan fingerprint density at radius 2 is 2.00 bits per heavy atom. The Morgan fingerprint density at radius 3 is 2.70 bits per heavy atom. The van der Waals surface area contributed by atoms with Gasteiger partial charge in [0.15, 0.2) is 0 Å². The summed E-state index contributed by atoms with van der Waals surface area (Å²) in [4.78, 5) is 20.7. The molecule has 0 aliphatic heterocycles. The summed E-state index contributed by atoms with van der Waals surface area (Å²) < 4.78 is 1.02. The highest BCUT2D eigenvalue weighted by Gasteiger charge is 2.10. The number of nitrogens with zero attached hydrogens (tertiary/aromatic N) is 2. The highest BCUT2D eigenvalue weighted by molar-refractivity contribution is 9.10. The van der Waals surface area contributed by atoms with E-state index in [0.717, 1.165) is 28.6 Å². The molecule has 1 aromatic heterocycles. The molecule has 0 aliphatic carbocycles. The lowest BCUT2D eigenvalue weighted by atomic mass is 10.2. The zero-order valence-electron chi connectivity index (χ0n) is 13.6. The number of aromatic nitrogens is 2. The van der Waals surface area contributed by atoms with Crippen LogP contribution in [0.4, 0.5) is 11.5 Å². The Bertz CT molecular complexity index is 703. The number of carbonyl (C=O) groups is 1. The number of hydrogen-bond acceptors (Lipinski definition) is 4. The maximum absolute atomic E-state index is 12.1. The molecule has 0 bridgehead atoms. The average molecular weight is 377 g/mol. The molecule has 0 atom stereocenters. The first-order chi connectivity index (χ1) is 11.0. The van der Waals surface area contributed by atoms with Crippen LogP contribution in [0.1, 0.15) is 41.6 Å². The maximum atomic E-state index is 12.1. The van der Waals surface area contributed by atoms with Gasteiger partial charge in [-0.3, -0.25) is 4.79 Å². The summed E-state index contributed by atoms with van der Waals surface area (Å²) in [6, 6.07) is 7.63. The molecule has 0 saturated heterocycles. The van der Waals surface area contributed by atoms with Crippen LogP contribution >= 0.6 is 15.9 Å². The second-order valence-corrected chi connectivity index (χ2v) is 6.24. The van der Waals surface area contributed by atoms with Gasteiger partial charge < -0.3 is 10.6 Å². The van der Waals surface area contributed by atoms with Gasteiger partial charge in [-0.2, -0.15) is 0 Å².